The molecule has 1 atom stereocenters. The number of amides is 1. The summed E-state index contributed by atoms with van der Waals surface area (Å²) in [5.41, 5.74) is 1.50. The van der Waals surface area contributed by atoms with Gasteiger partial charge in [0.05, 0.1) is 12.8 Å². The molecule has 20 heavy (non-hydrogen) atoms. The van der Waals surface area contributed by atoms with Crippen LogP contribution in [0.4, 0.5) is 18.9 Å². The van der Waals surface area contributed by atoms with E-state index in [0.29, 0.717) is 11.4 Å². The quantitative estimate of drug-likeness (QED) is 0.876. The summed E-state index contributed by atoms with van der Waals surface area (Å²) in [5, 5.41) is 4.66. The third-order valence-electron chi connectivity index (χ3n) is 2.58. The monoisotopic (exact) mass is 290 g/mol. The van der Waals surface area contributed by atoms with Gasteiger partial charge in [-0.15, -0.1) is 0 Å². The van der Waals surface area contributed by atoms with Gasteiger partial charge in [0.1, 0.15) is 18.3 Å². The number of halogens is 3. The van der Waals surface area contributed by atoms with Gasteiger partial charge < -0.3 is 15.4 Å². The number of rotatable bonds is 5. The van der Waals surface area contributed by atoms with E-state index in [1.165, 1.54) is 14.0 Å². The van der Waals surface area contributed by atoms with Gasteiger partial charge in [0.2, 0.25) is 5.91 Å². The average Bonchev–Trinajstić information content (AvgIpc) is 2.35. The molecule has 0 aliphatic rings. The molecule has 1 aromatic carbocycles. The fraction of sp³-hybridized carbons (Fsp3) is 0.462. The van der Waals surface area contributed by atoms with Crippen LogP contribution in [0.3, 0.4) is 0 Å². The van der Waals surface area contributed by atoms with Gasteiger partial charge in [-0.1, -0.05) is 6.07 Å². The number of ether oxygens (including phenoxy) is 1. The zero-order valence-electron chi connectivity index (χ0n) is 11.5. The summed E-state index contributed by atoms with van der Waals surface area (Å²) in [6, 6.07) is 4.50. The molecule has 112 valence electrons. The Morgan fingerprint density at radius 2 is 2.05 bits per heavy atom. The van der Waals surface area contributed by atoms with E-state index in [-0.39, 0.29) is 0 Å². The van der Waals surface area contributed by atoms with Gasteiger partial charge in [0, 0.05) is 0 Å². The highest BCUT2D eigenvalue weighted by molar-refractivity contribution is 5.84. The summed E-state index contributed by atoms with van der Waals surface area (Å²) in [6.45, 7) is 2.00. The van der Waals surface area contributed by atoms with Crippen LogP contribution in [0.2, 0.25) is 0 Å². The molecule has 0 aromatic heterocycles. The van der Waals surface area contributed by atoms with Gasteiger partial charge in [0.25, 0.3) is 0 Å². The molecule has 1 unspecified atom stereocenters. The molecule has 1 aromatic rings. The Bertz CT molecular complexity index is 475. The summed E-state index contributed by atoms with van der Waals surface area (Å²) >= 11 is 0. The summed E-state index contributed by atoms with van der Waals surface area (Å²) in [7, 11) is 1.48. The van der Waals surface area contributed by atoms with Crippen LogP contribution in [-0.2, 0) is 4.79 Å². The van der Waals surface area contributed by atoms with Crippen molar-refractivity contribution in [3.63, 3.8) is 0 Å². The molecule has 0 saturated heterocycles. The van der Waals surface area contributed by atoms with E-state index in [1.807, 2.05) is 18.3 Å². The van der Waals surface area contributed by atoms with Crippen LogP contribution in [0, 0.1) is 6.92 Å². The second-order valence-corrected chi connectivity index (χ2v) is 4.40. The molecule has 0 aliphatic heterocycles. The predicted molar refractivity (Wildman–Crippen MR) is 69.9 cm³/mol. The lowest BCUT2D eigenvalue weighted by Gasteiger charge is -2.18. The lowest BCUT2D eigenvalue weighted by Crippen LogP contribution is -2.42. The van der Waals surface area contributed by atoms with E-state index in [1.54, 1.807) is 12.1 Å². The smallest absolute Gasteiger partial charge is 0.405 e. The normalized spacial score (nSPS) is 12.7. The first-order valence-corrected chi connectivity index (χ1v) is 5.98. The SMILES string of the molecule is COc1ccc(C)cc1NC(C)C(=O)NCC(F)(F)F. The maximum Gasteiger partial charge on any atom is 0.405 e. The van der Waals surface area contributed by atoms with E-state index >= 15 is 0 Å². The van der Waals surface area contributed by atoms with Gasteiger partial charge in [-0.3, -0.25) is 4.79 Å². The molecule has 2 N–H and O–H groups in total. The van der Waals surface area contributed by atoms with Crippen molar-refractivity contribution >= 4 is 11.6 Å². The number of carbonyl (C=O) groups excluding carboxylic acids is 1. The molecule has 0 radical (unpaired) electrons. The fourth-order valence-corrected chi connectivity index (χ4v) is 1.57. The van der Waals surface area contributed by atoms with Crippen molar-refractivity contribution in [2.75, 3.05) is 19.0 Å². The number of carbonyl (C=O) groups is 1. The molecule has 0 spiro atoms. The number of hydrogen-bond acceptors (Lipinski definition) is 3. The van der Waals surface area contributed by atoms with E-state index in [2.05, 4.69) is 5.32 Å². The number of nitrogens with one attached hydrogen (secondary N) is 2. The first kappa shape index (κ1) is 16.1. The molecule has 0 fully saturated rings. The highest BCUT2D eigenvalue weighted by Crippen LogP contribution is 2.25. The first-order valence-electron chi connectivity index (χ1n) is 5.98. The fourth-order valence-electron chi connectivity index (χ4n) is 1.57. The third-order valence-corrected chi connectivity index (χ3v) is 2.58. The topological polar surface area (TPSA) is 50.4 Å². The van der Waals surface area contributed by atoms with Crippen LogP contribution in [0.1, 0.15) is 12.5 Å². The molecule has 0 saturated carbocycles. The van der Waals surface area contributed by atoms with Crippen molar-refractivity contribution in [1.82, 2.24) is 5.32 Å². The maximum atomic E-state index is 12.0. The Hall–Kier alpha value is -1.92. The van der Waals surface area contributed by atoms with Gasteiger partial charge in [0.15, 0.2) is 0 Å². The van der Waals surface area contributed by atoms with Crippen LogP contribution in [0.15, 0.2) is 18.2 Å². The van der Waals surface area contributed by atoms with E-state index in [9.17, 15) is 18.0 Å². The van der Waals surface area contributed by atoms with E-state index in [4.69, 9.17) is 4.74 Å². The molecule has 0 aliphatic carbocycles. The Morgan fingerprint density at radius 3 is 2.60 bits per heavy atom. The number of benzene rings is 1. The molecular weight excluding hydrogens is 273 g/mol. The minimum Gasteiger partial charge on any atom is -0.495 e. The second-order valence-electron chi connectivity index (χ2n) is 4.40. The Balaban J connectivity index is 2.68. The van der Waals surface area contributed by atoms with Crippen LogP contribution >= 0.6 is 0 Å². The summed E-state index contributed by atoms with van der Waals surface area (Å²) in [6.07, 6.45) is -4.42. The zero-order valence-corrected chi connectivity index (χ0v) is 11.5. The minimum absolute atomic E-state index is 0.520. The number of hydrogen-bond donors (Lipinski definition) is 2. The maximum absolute atomic E-state index is 12.0. The minimum atomic E-state index is -4.42. The molecule has 1 rings (SSSR count). The van der Waals surface area contributed by atoms with Crippen LogP contribution in [0.5, 0.6) is 5.75 Å². The van der Waals surface area contributed by atoms with Crippen molar-refractivity contribution in [2.24, 2.45) is 0 Å². The summed E-state index contributed by atoms with van der Waals surface area (Å²) in [4.78, 5) is 11.6. The first-order chi connectivity index (χ1) is 9.23. The number of alkyl halides is 3. The molecule has 7 heteroatoms. The van der Waals surface area contributed by atoms with Crippen molar-refractivity contribution in [3.8, 4) is 5.75 Å². The zero-order chi connectivity index (χ0) is 15.3. The van der Waals surface area contributed by atoms with Crippen molar-refractivity contribution in [2.45, 2.75) is 26.1 Å². The van der Waals surface area contributed by atoms with Gasteiger partial charge in [-0.25, -0.2) is 0 Å². The Morgan fingerprint density at radius 1 is 1.40 bits per heavy atom. The van der Waals surface area contributed by atoms with E-state index < -0.39 is 24.7 Å². The molecule has 4 nitrogen and oxygen atoms in total. The molecule has 1 amide bonds. The van der Waals surface area contributed by atoms with Gasteiger partial charge in [-0.05, 0) is 31.5 Å². The van der Waals surface area contributed by atoms with Crippen LogP contribution < -0.4 is 15.4 Å². The number of methoxy groups -OCH3 is 1. The standard InChI is InChI=1S/C13H17F3N2O2/c1-8-4-5-11(20-3)10(6-8)18-9(2)12(19)17-7-13(14,15)16/h4-6,9,18H,7H2,1-3H3,(H,17,19). The van der Waals surface area contributed by atoms with Crippen LogP contribution in [-0.4, -0.2) is 31.8 Å². The number of anilines is 1. The number of aryl methyl sites for hydroxylation is 1. The van der Waals surface area contributed by atoms with Crippen molar-refractivity contribution < 1.29 is 22.7 Å². The van der Waals surface area contributed by atoms with Gasteiger partial charge >= 0.3 is 6.18 Å². The molecular formula is C13H17F3N2O2. The van der Waals surface area contributed by atoms with Crippen molar-refractivity contribution in [3.05, 3.63) is 23.8 Å². The lowest BCUT2D eigenvalue weighted by atomic mass is 10.2. The highest BCUT2D eigenvalue weighted by Gasteiger charge is 2.28. The Kier molecular flexibility index (Phi) is 5.24. The largest absolute Gasteiger partial charge is 0.495 e. The summed E-state index contributed by atoms with van der Waals surface area (Å²) in [5.74, 6) is -0.211. The second kappa shape index (κ2) is 6.49. The van der Waals surface area contributed by atoms with E-state index in [0.717, 1.165) is 5.56 Å². The molecule has 0 bridgehead atoms. The molecule has 0 heterocycles. The highest BCUT2D eigenvalue weighted by atomic mass is 19.4. The summed E-state index contributed by atoms with van der Waals surface area (Å²) < 4.78 is 41.2. The van der Waals surface area contributed by atoms with Crippen LogP contribution in [0.25, 0.3) is 0 Å². The average molecular weight is 290 g/mol. The Labute approximate surface area is 115 Å². The van der Waals surface area contributed by atoms with Crippen molar-refractivity contribution in [1.29, 1.82) is 0 Å². The lowest BCUT2D eigenvalue weighted by molar-refractivity contribution is -0.138. The van der Waals surface area contributed by atoms with Gasteiger partial charge in [-0.2, -0.15) is 13.2 Å². The third kappa shape index (κ3) is 4.99. The predicted octanol–water partition coefficient (Wildman–Crippen LogP) is 2.48.